The minimum atomic E-state index is -0.812. The summed E-state index contributed by atoms with van der Waals surface area (Å²) in [5.74, 6) is -0.967. The van der Waals surface area contributed by atoms with Crippen LogP contribution in [0.3, 0.4) is 0 Å². The molecule has 1 atom stereocenters. The molecule has 0 radical (unpaired) electrons. The Kier molecular flexibility index (Phi) is 63.9. The monoisotopic (exact) mass is 1120 g/mol. The van der Waals surface area contributed by atoms with Crippen molar-refractivity contribution >= 4 is 17.9 Å². The van der Waals surface area contributed by atoms with Gasteiger partial charge < -0.3 is 14.2 Å². The Morgan fingerprint density at radius 2 is 0.481 bits per heavy atom. The number of hydrogen-bond acceptors (Lipinski definition) is 6. The first kappa shape index (κ1) is 76.3. The molecule has 0 amide bonds. The molecule has 0 N–H and O–H groups in total. The number of ether oxygens (including phenoxy) is 3. The SMILES string of the molecule is CC/C=C\C/C=C\C/C=C\C/C=C\C/C=C\C/C=C\C/C=C\C/C=C\CCCCCCC(=O)OCC(COC(=O)CCCC/C=C\C/C=C\C/C=C\C/C=C\CC)OC(=O)CCCCCCCCCCCCCCCCCCCCC. The molecule has 0 bridgehead atoms. The Morgan fingerprint density at radius 1 is 0.259 bits per heavy atom. The van der Waals surface area contributed by atoms with E-state index in [1.165, 1.54) is 103 Å². The molecule has 0 aliphatic carbocycles. The van der Waals surface area contributed by atoms with Crippen molar-refractivity contribution in [2.24, 2.45) is 0 Å². The first-order valence-electron chi connectivity index (χ1n) is 33.3. The van der Waals surface area contributed by atoms with E-state index >= 15 is 0 Å². The average molecular weight is 1120 g/mol. The van der Waals surface area contributed by atoms with Crippen molar-refractivity contribution < 1.29 is 28.6 Å². The third kappa shape index (κ3) is 66.0. The Hall–Kier alpha value is -4.71. The minimum absolute atomic E-state index is 0.108. The molecule has 0 aromatic rings. The van der Waals surface area contributed by atoms with Crippen molar-refractivity contribution in [1.82, 2.24) is 0 Å². The average Bonchev–Trinajstić information content (AvgIpc) is 3.47. The number of carbonyl (C=O) groups excluding carboxylic acids is 3. The third-order valence-electron chi connectivity index (χ3n) is 13.8. The van der Waals surface area contributed by atoms with Crippen LogP contribution >= 0.6 is 0 Å². The molecule has 0 aliphatic rings. The maximum absolute atomic E-state index is 12.9. The molecule has 0 spiro atoms. The molecule has 0 aliphatic heterocycles. The zero-order valence-corrected chi connectivity index (χ0v) is 52.5. The van der Waals surface area contributed by atoms with E-state index in [0.717, 1.165) is 148 Å². The highest BCUT2D eigenvalue weighted by Crippen LogP contribution is 2.16. The van der Waals surface area contributed by atoms with E-state index in [1.54, 1.807) is 0 Å². The predicted octanol–water partition coefficient (Wildman–Crippen LogP) is 23.1. The van der Waals surface area contributed by atoms with Gasteiger partial charge in [-0.25, -0.2) is 0 Å². The highest BCUT2D eigenvalue weighted by atomic mass is 16.6. The predicted molar refractivity (Wildman–Crippen MR) is 352 cm³/mol. The molecule has 0 saturated heterocycles. The minimum Gasteiger partial charge on any atom is -0.462 e. The van der Waals surface area contributed by atoms with Gasteiger partial charge in [-0.1, -0.05) is 295 Å². The quantitative estimate of drug-likeness (QED) is 0.0261. The van der Waals surface area contributed by atoms with Crippen LogP contribution in [0.1, 0.15) is 290 Å². The fraction of sp³-hybridized carbons (Fsp3) is 0.640. The number of carbonyl (C=O) groups is 3. The lowest BCUT2D eigenvalue weighted by Crippen LogP contribution is -2.30. The lowest BCUT2D eigenvalue weighted by molar-refractivity contribution is -0.167. The van der Waals surface area contributed by atoms with Gasteiger partial charge in [0.1, 0.15) is 13.2 Å². The Morgan fingerprint density at radius 3 is 0.778 bits per heavy atom. The lowest BCUT2D eigenvalue weighted by Gasteiger charge is -2.18. The standard InChI is InChI=1S/C75H122O6/c1-4-7-10-13-16-19-22-25-28-30-32-33-34-35-36-37-38-39-40-41-43-44-47-50-53-56-59-62-65-68-74(77)80-71-72(70-79-73(76)67-64-61-58-55-52-49-46-27-24-21-18-15-12-9-6-3)81-75(78)69-66-63-60-57-54-51-48-45-42-31-29-26-23-20-17-14-11-8-5-2/h7,9-10,12,16,18-19,21,25,27-28,32-33,35-36,38-39,41,43,46-47,50,52,55,72H,4-6,8,11,13-15,17,20,22-24,26,29-31,34,37,40,42,44-45,48-49,51,53-54,56-71H2,1-3H3/b10-7-,12-9-,19-16-,21-18-,28-25-,33-32-,36-35-,39-38-,43-41-,46-27-,50-47-,55-52-. The van der Waals surface area contributed by atoms with Gasteiger partial charge in [-0.15, -0.1) is 0 Å². The molecule has 0 aromatic carbocycles. The number of unbranched alkanes of at least 4 members (excludes halogenated alkanes) is 24. The normalized spacial score (nSPS) is 13.1. The molecule has 1 unspecified atom stereocenters. The summed E-state index contributed by atoms with van der Waals surface area (Å²) in [5, 5.41) is 0. The summed E-state index contributed by atoms with van der Waals surface area (Å²) in [6.45, 7) is 6.37. The van der Waals surface area contributed by atoms with Crippen molar-refractivity contribution in [3.05, 3.63) is 146 Å². The summed E-state index contributed by atoms with van der Waals surface area (Å²) < 4.78 is 16.9. The summed E-state index contributed by atoms with van der Waals surface area (Å²) in [6, 6.07) is 0. The van der Waals surface area contributed by atoms with E-state index in [0.29, 0.717) is 19.3 Å². The summed E-state index contributed by atoms with van der Waals surface area (Å²) in [5.41, 5.74) is 0. The van der Waals surface area contributed by atoms with Gasteiger partial charge in [0.25, 0.3) is 0 Å². The van der Waals surface area contributed by atoms with Gasteiger partial charge >= 0.3 is 17.9 Å². The maximum Gasteiger partial charge on any atom is 0.306 e. The summed E-state index contributed by atoms with van der Waals surface area (Å²) in [4.78, 5) is 38.4. The second-order valence-corrected chi connectivity index (χ2v) is 21.6. The van der Waals surface area contributed by atoms with Crippen LogP contribution in [0.15, 0.2) is 146 Å². The van der Waals surface area contributed by atoms with Gasteiger partial charge in [-0.2, -0.15) is 0 Å². The van der Waals surface area contributed by atoms with Crippen LogP contribution in [0.4, 0.5) is 0 Å². The van der Waals surface area contributed by atoms with Gasteiger partial charge in [-0.05, 0) is 122 Å². The summed E-state index contributed by atoms with van der Waals surface area (Å²) >= 11 is 0. The van der Waals surface area contributed by atoms with E-state index in [2.05, 4.69) is 167 Å². The fourth-order valence-electron chi connectivity index (χ4n) is 8.92. The molecular weight excluding hydrogens is 997 g/mol. The zero-order valence-electron chi connectivity index (χ0n) is 52.5. The van der Waals surface area contributed by atoms with E-state index in [1.807, 2.05) is 0 Å². The molecule has 0 rings (SSSR count). The Labute approximate surface area is 499 Å². The number of esters is 3. The Balaban J connectivity index is 4.44. The molecule has 0 heterocycles. The van der Waals surface area contributed by atoms with Gasteiger partial charge in [-0.3, -0.25) is 14.4 Å². The van der Waals surface area contributed by atoms with Crippen LogP contribution in [0.5, 0.6) is 0 Å². The van der Waals surface area contributed by atoms with E-state index in [9.17, 15) is 14.4 Å². The fourth-order valence-corrected chi connectivity index (χ4v) is 8.92. The maximum atomic E-state index is 12.9. The smallest absolute Gasteiger partial charge is 0.306 e. The largest absolute Gasteiger partial charge is 0.462 e. The summed E-state index contributed by atoms with van der Waals surface area (Å²) in [6.07, 6.45) is 97.2. The molecule has 81 heavy (non-hydrogen) atoms. The summed E-state index contributed by atoms with van der Waals surface area (Å²) in [7, 11) is 0. The van der Waals surface area contributed by atoms with E-state index in [-0.39, 0.29) is 31.1 Å². The third-order valence-corrected chi connectivity index (χ3v) is 13.8. The zero-order chi connectivity index (χ0) is 58.5. The highest BCUT2D eigenvalue weighted by molar-refractivity contribution is 5.71. The van der Waals surface area contributed by atoms with Gasteiger partial charge in [0, 0.05) is 19.3 Å². The van der Waals surface area contributed by atoms with Crippen LogP contribution in [0, 0.1) is 0 Å². The number of allylic oxidation sites excluding steroid dienone is 24. The molecule has 6 heteroatoms. The second-order valence-electron chi connectivity index (χ2n) is 21.6. The molecule has 0 saturated carbocycles. The van der Waals surface area contributed by atoms with Gasteiger partial charge in [0.2, 0.25) is 0 Å². The molecular formula is C75H122O6. The molecule has 0 aromatic heterocycles. The number of rotatable bonds is 59. The first-order chi connectivity index (χ1) is 40.0. The van der Waals surface area contributed by atoms with Crippen LogP contribution < -0.4 is 0 Å². The van der Waals surface area contributed by atoms with Crippen LogP contribution in [0.2, 0.25) is 0 Å². The van der Waals surface area contributed by atoms with Crippen molar-refractivity contribution in [2.75, 3.05) is 13.2 Å². The molecule has 0 fully saturated rings. The Bertz CT molecular complexity index is 1760. The van der Waals surface area contributed by atoms with Crippen LogP contribution in [0.25, 0.3) is 0 Å². The number of hydrogen-bond donors (Lipinski definition) is 0. The molecule has 6 nitrogen and oxygen atoms in total. The van der Waals surface area contributed by atoms with E-state index in [4.69, 9.17) is 14.2 Å². The van der Waals surface area contributed by atoms with Crippen molar-refractivity contribution in [1.29, 1.82) is 0 Å². The molecule has 458 valence electrons. The first-order valence-corrected chi connectivity index (χ1v) is 33.3. The van der Waals surface area contributed by atoms with Crippen molar-refractivity contribution in [3.8, 4) is 0 Å². The second kappa shape index (κ2) is 67.8. The van der Waals surface area contributed by atoms with Crippen molar-refractivity contribution in [2.45, 2.75) is 297 Å². The van der Waals surface area contributed by atoms with Crippen molar-refractivity contribution in [3.63, 3.8) is 0 Å². The topological polar surface area (TPSA) is 78.9 Å². The van der Waals surface area contributed by atoms with Crippen LogP contribution in [-0.2, 0) is 28.6 Å². The lowest BCUT2D eigenvalue weighted by atomic mass is 10.0. The highest BCUT2D eigenvalue weighted by Gasteiger charge is 2.19. The van der Waals surface area contributed by atoms with Gasteiger partial charge in [0.15, 0.2) is 6.10 Å². The van der Waals surface area contributed by atoms with Crippen LogP contribution in [-0.4, -0.2) is 37.2 Å². The van der Waals surface area contributed by atoms with Gasteiger partial charge in [0.05, 0.1) is 0 Å². The van der Waals surface area contributed by atoms with E-state index < -0.39 is 6.10 Å².